The minimum absolute atomic E-state index is 0.0429. The molecule has 5 nitrogen and oxygen atoms in total. The van der Waals surface area contributed by atoms with Crippen molar-refractivity contribution in [2.24, 2.45) is 4.99 Å². The van der Waals surface area contributed by atoms with Crippen molar-refractivity contribution in [3.05, 3.63) is 91.9 Å². The Balaban J connectivity index is 1.64. The first-order valence-corrected chi connectivity index (χ1v) is 11.5. The number of rotatable bonds is 3. The number of nitrogens with one attached hydrogen (secondary N) is 2. The molecule has 2 N–H and O–H groups in total. The number of aliphatic imine (C=N–C) groups is 1. The third-order valence-electron chi connectivity index (χ3n) is 5.97. The topological polar surface area (TPSA) is 70.6 Å². The predicted molar refractivity (Wildman–Crippen MR) is 133 cm³/mol. The third-order valence-corrected chi connectivity index (χ3v) is 7.06. The zero-order chi connectivity index (χ0) is 23.3. The largest absolute Gasteiger partial charge is 0.325 e. The standard InChI is InChI=1S/C25H18Cl3N3O2/c1-12-16-7-5-14(10-20(16)31-24(12)32)23-17-11-15(26)6-8-19(17)30-25(33)21(29-23)9-13-3-2-4-18(27)22(13)28/h2-8,10-12,21H,9H2,1H3,(H,30,33)(H,31,32). The Hall–Kier alpha value is -2.86. The highest BCUT2D eigenvalue weighted by atomic mass is 35.5. The molecule has 0 spiro atoms. The summed E-state index contributed by atoms with van der Waals surface area (Å²) in [6, 6.07) is 15.6. The molecule has 3 aromatic rings. The number of hydrogen-bond acceptors (Lipinski definition) is 3. The number of hydrogen-bond donors (Lipinski definition) is 2. The molecule has 2 aliphatic rings. The van der Waals surface area contributed by atoms with Gasteiger partial charge in [-0.2, -0.15) is 0 Å². The maximum atomic E-state index is 13.1. The van der Waals surface area contributed by atoms with Crippen molar-refractivity contribution in [1.82, 2.24) is 0 Å². The molecule has 2 unspecified atom stereocenters. The molecule has 2 aliphatic heterocycles. The van der Waals surface area contributed by atoms with Gasteiger partial charge >= 0.3 is 0 Å². The molecule has 2 atom stereocenters. The molecule has 0 saturated carbocycles. The molecule has 2 amide bonds. The summed E-state index contributed by atoms with van der Waals surface area (Å²) in [5.41, 5.74) is 5.09. The summed E-state index contributed by atoms with van der Waals surface area (Å²) in [4.78, 5) is 30.1. The van der Waals surface area contributed by atoms with Gasteiger partial charge in [-0.15, -0.1) is 0 Å². The first-order valence-electron chi connectivity index (χ1n) is 10.4. The molecule has 8 heteroatoms. The van der Waals surface area contributed by atoms with Crippen molar-refractivity contribution < 1.29 is 9.59 Å². The molecule has 5 rings (SSSR count). The first kappa shape index (κ1) is 22.0. The van der Waals surface area contributed by atoms with E-state index < -0.39 is 6.04 Å². The summed E-state index contributed by atoms with van der Waals surface area (Å²) in [6.07, 6.45) is 0.273. The number of nitrogens with zero attached hydrogens (tertiary/aromatic N) is 1. The van der Waals surface area contributed by atoms with E-state index in [9.17, 15) is 9.59 Å². The molecule has 0 aliphatic carbocycles. The fourth-order valence-electron chi connectivity index (χ4n) is 4.18. The van der Waals surface area contributed by atoms with Crippen LogP contribution in [0.1, 0.15) is 35.1 Å². The first-order chi connectivity index (χ1) is 15.8. The van der Waals surface area contributed by atoms with Gasteiger partial charge in [-0.3, -0.25) is 14.6 Å². The maximum absolute atomic E-state index is 13.1. The lowest BCUT2D eigenvalue weighted by Crippen LogP contribution is -2.27. The smallest absolute Gasteiger partial charge is 0.249 e. The van der Waals surface area contributed by atoms with Crippen LogP contribution in [-0.2, 0) is 16.0 Å². The van der Waals surface area contributed by atoms with Crippen LogP contribution in [0.25, 0.3) is 0 Å². The maximum Gasteiger partial charge on any atom is 0.249 e. The van der Waals surface area contributed by atoms with Crippen molar-refractivity contribution in [2.75, 3.05) is 10.6 Å². The second kappa shape index (κ2) is 8.49. The molecule has 2 heterocycles. The van der Waals surface area contributed by atoms with E-state index in [1.807, 2.05) is 31.2 Å². The molecule has 0 saturated heterocycles. The van der Waals surface area contributed by atoms with Gasteiger partial charge in [-0.25, -0.2) is 0 Å². The second-order valence-electron chi connectivity index (χ2n) is 8.10. The SMILES string of the molecule is CC1C(=O)Nc2cc(C3=NC(Cc4cccc(Cl)c4Cl)C(=O)Nc4ccc(Cl)cc43)ccc21. The minimum atomic E-state index is -0.746. The highest BCUT2D eigenvalue weighted by molar-refractivity contribution is 6.42. The van der Waals surface area contributed by atoms with Gasteiger partial charge in [0.15, 0.2) is 0 Å². The van der Waals surface area contributed by atoms with Crippen LogP contribution >= 0.6 is 34.8 Å². The van der Waals surface area contributed by atoms with Crippen molar-refractivity contribution in [2.45, 2.75) is 25.3 Å². The van der Waals surface area contributed by atoms with Gasteiger partial charge in [0.25, 0.3) is 0 Å². The number of fused-ring (bicyclic) bond motifs is 2. The second-order valence-corrected chi connectivity index (χ2v) is 9.32. The summed E-state index contributed by atoms with van der Waals surface area (Å²) in [6.45, 7) is 1.87. The van der Waals surface area contributed by atoms with Gasteiger partial charge < -0.3 is 10.6 Å². The van der Waals surface area contributed by atoms with Crippen LogP contribution in [-0.4, -0.2) is 23.6 Å². The molecule has 3 aromatic carbocycles. The van der Waals surface area contributed by atoms with Crippen molar-refractivity contribution in [3.8, 4) is 0 Å². The molecular weight excluding hydrogens is 481 g/mol. The number of anilines is 2. The molecule has 0 radical (unpaired) electrons. The number of amides is 2. The third kappa shape index (κ3) is 4.01. The number of carbonyl (C=O) groups excluding carboxylic acids is 2. The van der Waals surface area contributed by atoms with Crippen LogP contribution in [0.5, 0.6) is 0 Å². The lowest BCUT2D eigenvalue weighted by molar-refractivity contribution is -0.117. The fraction of sp³-hybridized carbons (Fsp3) is 0.160. The zero-order valence-corrected chi connectivity index (χ0v) is 19.7. The molecule has 0 bridgehead atoms. The minimum Gasteiger partial charge on any atom is -0.325 e. The van der Waals surface area contributed by atoms with Gasteiger partial charge in [-0.05, 0) is 48.4 Å². The highest BCUT2D eigenvalue weighted by Gasteiger charge is 2.30. The summed E-state index contributed by atoms with van der Waals surface area (Å²) >= 11 is 18.9. The van der Waals surface area contributed by atoms with Crippen LogP contribution in [0, 0.1) is 0 Å². The van der Waals surface area contributed by atoms with Gasteiger partial charge in [0.1, 0.15) is 6.04 Å². The highest BCUT2D eigenvalue weighted by Crippen LogP contribution is 2.35. The summed E-state index contributed by atoms with van der Waals surface area (Å²) in [5.74, 6) is -0.515. The summed E-state index contributed by atoms with van der Waals surface area (Å²) < 4.78 is 0. The Bertz CT molecular complexity index is 1350. The lowest BCUT2D eigenvalue weighted by Gasteiger charge is -2.13. The van der Waals surface area contributed by atoms with E-state index in [1.165, 1.54) is 0 Å². The predicted octanol–water partition coefficient (Wildman–Crippen LogP) is 6.10. The number of halogens is 3. The van der Waals surface area contributed by atoms with Crippen LogP contribution in [0.15, 0.2) is 59.6 Å². The van der Waals surface area contributed by atoms with Gasteiger partial charge in [0.2, 0.25) is 11.8 Å². The van der Waals surface area contributed by atoms with E-state index in [2.05, 4.69) is 10.6 Å². The Morgan fingerprint density at radius 2 is 1.70 bits per heavy atom. The number of benzene rings is 3. The Kier molecular flexibility index (Phi) is 5.65. The molecule has 0 aromatic heterocycles. The van der Waals surface area contributed by atoms with Crippen LogP contribution < -0.4 is 10.6 Å². The van der Waals surface area contributed by atoms with E-state index in [0.717, 1.165) is 22.4 Å². The van der Waals surface area contributed by atoms with Crippen molar-refractivity contribution in [1.29, 1.82) is 0 Å². The van der Waals surface area contributed by atoms with E-state index >= 15 is 0 Å². The van der Waals surface area contributed by atoms with E-state index in [1.54, 1.807) is 30.3 Å². The van der Waals surface area contributed by atoms with Crippen LogP contribution in [0.3, 0.4) is 0 Å². The van der Waals surface area contributed by atoms with Gasteiger partial charge in [-0.1, -0.05) is 59.1 Å². The van der Waals surface area contributed by atoms with Crippen molar-refractivity contribution in [3.63, 3.8) is 0 Å². The molecule has 166 valence electrons. The van der Waals surface area contributed by atoms with Gasteiger partial charge in [0, 0.05) is 28.3 Å². The van der Waals surface area contributed by atoms with E-state index in [4.69, 9.17) is 39.8 Å². The fourth-order valence-corrected chi connectivity index (χ4v) is 4.75. The van der Waals surface area contributed by atoms with E-state index in [-0.39, 0.29) is 24.2 Å². The molecular formula is C25H18Cl3N3O2. The average molecular weight is 499 g/mol. The van der Waals surface area contributed by atoms with Gasteiger partial charge in [0.05, 0.1) is 27.4 Å². The Morgan fingerprint density at radius 1 is 0.909 bits per heavy atom. The normalized spacial score (nSPS) is 19.2. The molecule has 0 fully saturated rings. The van der Waals surface area contributed by atoms with E-state index in [0.29, 0.717) is 32.0 Å². The van der Waals surface area contributed by atoms with Crippen LogP contribution in [0.4, 0.5) is 11.4 Å². The monoisotopic (exact) mass is 497 g/mol. The number of benzodiazepines with no additional fused rings is 1. The quantitative estimate of drug-likeness (QED) is 0.458. The Morgan fingerprint density at radius 3 is 2.52 bits per heavy atom. The zero-order valence-electron chi connectivity index (χ0n) is 17.5. The number of carbonyl (C=O) groups is 2. The summed E-state index contributed by atoms with van der Waals surface area (Å²) in [5, 5.41) is 7.23. The summed E-state index contributed by atoms with van der Waals surface area (Å²) in [7, 11) is 0. The average Bonchev–Trinajstić information content (AvgIpc) is 2.99. The molecule has 33 heavy (non-hydrogen) atoms. The Labute approximate surface area is 205 Å². The lowest BCUT2D eigenvalue weighted by atomic mass is 9.96. The van der Waals surface area contributed by atoms with Crippen molar-refractivity contribution >= 4 is 63.7 Å². The van der Waals surface area contributed by atoms with Crippen LogP contribution in [0.2, 0.25) is 15.1 Å².